The van der Waals surface area contributed by atoms with Gasteiger partial charge in [0.15, 0.2) is 0 Å². The highest BCUT2D eigenvalue weighted by Gasteiger charge is 2.10. The molecule has 94 valence electrons. The number of benzene rings is 1. The van der Waals surface area contributed by atoms with Crippen molar-refractivity contribution in [2.45, 2.75) is 27.2 Å². The third-order valence-electron chi connectivity index (χ3n) is 2.97. The smallest absolute Gasteiger partial charge is 0.0720 e. The molecule has 2 aromatic rings. The Bertz CT molecular complexity index is 626. The molecule has 0 aliphatic rings. The number of rotatable bonds is 2. The summed E-state index contributed by atoms with van der Waals surface area (Å²) in [6, 6.07) is 6.13. The maximum absolute atomic E-state index is 6.49. The Labute approximate surface area is 117 Å². The molecule has 0 atom stereocenters. The van der Waals surface area contributed by atoms with Crippen molar-refractivity contribution in [3.8, 4) is 0 Å². The third kappa shape index (κ3) is 2.68. The minimum atomic E-state index is 0.719. The van der Waals surface area contributed by atoms with E-state index >= 15 is 0 Å². The SMILES string of the molecule is C/C(Cl)=C/Cc1c(C)nc2ccc(C)cc2c1Cl. The molecule has 0 bridgehead atoms. The van der Waals surface area contributed by atoms with E-state index in [1.54, 1.807) is 0 Å². The van der Waals surface area contributed by atoms with Gasteiger partial charge in [0.1, 0.15) is 0 Å². The van der Waals surface area contributed by atoms with Crippen LogP contribution in [-0.2, 0) is 6.42 Å². The minimum absolute atomic E-state index is 0.719. The van der Waals surface area contributed by atoms with Gasteiger partial charge in [0, 0.05) is 16.1 Å². The first-order valence-electron chi connectivity index (χ1n) is 5.86. The van der Waals surface area contributed by atoms with E-state index in [2.05, 4.69) is 18.0 Å². The largest absolute Gasteiger partial charge is 0.253 e. The van der Waals surface area contributed by atoms with Crippen molar-refractivity contribution in [3.63, 3.8) is 0 Å². The zero-order valence-corrected chi connectivity index (χ0v) is 12.2. The van der Waals surface area contributed by atoms with Crippen molar-refractivity contribution in [2.75, 3.05) is 0 Å². The number of aryl methyl sites for hydroxylation is 2. The lowest BCUT2D eigenvalue weighted by atomic mass is 10.0. The fraction of sp³-hybridized carbons (Fsp3) is 0.267. The van der Waals surface area contributed by atoms with Crippen LogP contribution in [0.2, 0.25) is 5.02 Å². The van der Waals surface area contributed by atoms with E-state index in [0.717, 1.165) is 38.6 Å². The maximum Gasteiger partial charge on any atom is 0.0720 e. The lowest BCUT2D eigenvalue weighted by Gasteiger charge is -2.10. The number of aromatic nitrogens is 1. The summed E-state index contributed by atoms with van der Waals surface area (Å²) in [5.74, 6) is 0. The quantitative estimate of drug-likeness (QED) is 0.737. The molecular weight excluding hydrogens is 265 g/mol. The predicted octanol–water partition coefficient (Wildman–Crippen LogP) is 5.19. The van der Waals surface area contributed by atoms with Crippen LogP contribution in [-0.4, -0.2) is 4.98 Å². The molecule has 0 aliphatic heterocycles. The molecule has 0 unspecified atom stereocenters. The Balaban J connectivity index is 2.63. The van der Waals surface area contributed by atoms with E-state index in [1.165, 1.54) is 5.56 Å². The zero-order chi connectivity index (χ0) is 13.3. The molecule has 0 N–H and O–H groups in total. The lowest BCUT2D eigenvalue weighted by molar-refractivity contribution is 1.13. The standard InChI is InChI=1S/C15H15Cl2N/c1-9-4-7-14-13(8-9)15(17)12(11(3)18-14)6-5-10(2)16/h4-5,7-8H,6H2,1-3H3/b10-5-. The van der Waals surface area contributed by atoms with E-state index in [4.69, 9.17) is 23.2 Å². The summed E-state index contributed by atoms with van der Waals surface area (Å²) in [4.78, 5) is 4.60. The van der Waals surface area contributed by atoms with Crippen LogP contribution in [0, 0.1) is 13.8 Å². The van der Waals surface area contributed by atoms with Crippen molar-refractivity contribution >= 4 is 34.1 Å². The number of hydrogen-bond donors (Lipinski definition) is 0. The molecule has 18 heavy (non-hydrogen) atoms. The highest BCUT2D eigenvalue weighted by atomic mass is 35.5. The van der Waals surface area contributed by atoms with Crippen molar-refractivity contribution < 1.29 is 0 Å². The first-order chi connectivity index (χ1) is 8.49. The fourth-order valence-corrected chi connectivity index (χ4v) is 2.42. The van der Waals surface area contributed by atoms with Crippen LogP contribution >= 0.6 is 23.2 Å². The second-order valence-electron chi connectivity index (χ2n) is 4.51. The van der Waals surface area contributed by atoms with Gasteiger partial charge in [0.25, 0.3) is 0 Å². The summed E-state index contributed by atoms with van der Waals surface area (Å²) in [5, 5.41) is 2.57. The van der Waals surface area contributed by atoms with Crippen LogP contribution in [0.5, 0.6) is 0 Å². The van der Waals surface area contributed by atoms with Crippen molar-refractivity contribution in [1.82, 2.24) is 4.98 Å². The third-order valence-corrected chi connectivity index (χ3v) is 3.55. The van der Waals surface area contributed by atoms with Gasteiger partial charge in [-0.1, -0.05) is 40.9 Å². The van der Waals surface area contributed by atoms with E-state index < -0.39 is 0 Å². The molecule has 0 amide bonds. The molecule has 1 aromatic carbocycles. The average molecular weight is 280 g/mol. The normalized spacial score (nSPS) is 12.2. The Morgan fingerprint density at radius 3 is 2.72 bits per heavy atom. The second-order valence-corrected chi connectivity index (χ2v) is 5.48. The van der Waals surface area contributed by atoms with E-state index in [0.29, 0.717) is 0 Å². The summed E-state index contributed by atoms with van der Waals surface area (Å²) in [6.07, 6.45) is 2.68. The number of nitrogens with zero attached hydrogens (tertiary/aromatic N) is 1. The fourth-order valence-electron chi connectivity index (χ4n) is 1.97. The number of allylic oxidation sites excluding steroid dienone is 2. The zero-order valence-electron chi connectivity index (χ0n) is 10.7. The average Bonchev–Trinajstić information content (AvgIpc) is 2.30. The summed E-state index contributed by atoms with van der Waals surface area (Å²) >= 11 is 12.4. The molecule has 0 saturated carbocycles. The molecule has 0 aliphatic carbocycles. The van der Waals surface area contributed by atoms with Crippen LogP contribution in [0.4, 0.5) is 0 Å². The Hall–Kier alpha value is -1.05. The van der Waals surface area contributed by atoms with E-state index in [-0.39, 0.29) is 0 Å². The summed E-state index contributed by atoms with van der Waals surface area (Å²) in [7, 11) is 0. The number of fused-ring (bicyclic) bond motifs is 1. The number of pyridine rings is 1. The Kier molecular flexibility index (Phi) is 3.94. The van der Waals surface area contributed by atoms with Gasteiger partial charge < -0.3 is 0 Å². The first-order valence-corrected chi connectivity index (χ1v) is 6.62. The van der Waals surface area contributed by atoms with Crippen LogP contribution in [0.15, 0.2) is 29.3 Å². The van der Waals surface area contributed by atoms with Crippen molar-refractivity contribution in [3.05, 3.63) is 51.2 Å². The minimum Gasteiger partial charge on any atom is -0.253 e. The molecule has 1 nitrogen and oxygen atoms in total. The van der Waals surface area contributed by atoms with Gasteiger partial charge in [-0.15, -0.1) is 0 Å². The molecule has 2 rings (SSSR count). The highest BCUT2D eigenvalue weighted by Crippen LogP contribution is 2.29. The lowest BCUT2D eigenvalue weighted by Crippen LogP contribution is -1.95. The second kappa shape index (κ2) is 5.29. The summed E-state index contributed by atoms with van der Waals surface area (Å²) < 4.78 is 0. The van der Waals surface area contributed by atoms with E-state index in [1.807, 2.05) is 32.1 Å². The molecule has 0 spiro atoms. The van der Waals surface area contributed by atoms with Gasteiger partial charge in [-0.2, -0.15) is 0 Å². The van der Waals surface area contributed by atoms with Crippen LogP contribution in [0.1, 0.15) is 23.7 Å². The monoisotopic (exact) mass is 279 g/mol. The number of hydrogen-bond acceptors (Lipinski definition) is 1. The van der Waals surface area contributed by atoms with E-state index in [9.17, 15) is 0 Å². The Morgan fingerprint density at radius 2 is 2.06 bits per heavy atom. The molecule has 0 saturated heterocycles. The molecule has 0 fully saturated rings. The summed E-state index contributed by atoms with van der Waals surface area (Å²) in [5.41, 5.74) is 4.14. The van der Waals surface area contributed by atoms with Crippen LogP contribution in [0.25, 0.3) is 10.9 Å². The summed E-state index contributed by atoms with van der Waals surface area (Å²) in [6.45, 7) is 5.90. The Morgan fingerprint density at radius 1 is 1.33 bits per heavy atom. The topological polar surface area (TPSA) is 12.9 Å². The van der Waals surface area contributed by atoms with Gasteiger partial charge in [-0.25, -0.2) is 0 Å². The van der Waals surface area contributed by atoms with Crippen molar-refractivity contribution in [1.29, 1.82) is 0 Å². The van der Waals surface area contributed by atoms with Gasteiger partial charge in [-0.3, -0.25) is 4.98 Å². The maximum atomic E-state index is 6.49. The number of halogens is 2. The molecule has 1 aromatic heterocycles. The predicted molar refractivity (Wildman–Crippen MR) is 79.5 cm³/mol. The van der Waals surface area contributed by atoms with Gasteiger partial charge >= 0.3 is 0 Å². The van der Waals surface area contributed by atoms with Gasteiger partial charge in [0.2, 0.25) is 0 Å². The van der Waals surface area contributed by atoms with Crippen LogP contribution in [0.3, 0.4) is 0 Å². The molecule has 3 heteroatoms. The first kappa shape index (κ1) is 13.4. The molecule has 1 heterocycles. The molecule has 0 radical (unpaired) electrons. The highest BCUT2D eigenvalue weighted by molar-refractivity contribution is 6.36. The van der Waals surface area contributed by atoms with Crippen molar-refractivity contribution in [2.24, 2.45) is 0 Å². The molecular formula is C15H15Cl2N. The van der Waals surface area contributed by atoms with Gasteiger partial charge in [-0.05, 0) is 44.9 Å². The van der Waals surface area contributed by atoms with Gasteiger partial charge in [0.05, 0.1) is 10.5 Å². The van der Waals surface area contributed by atoms with Crippen LogP contribution < -0.4 is 0 Å².